The Bertz CT molecular complexity index is 1890. The van der Waals surface area contributed by atoms with Gasteiger partial charge in [-0.2, -0.15) is 0 Å². The Kier molecular flexibility index (Phi) is 9.86. The van der Waals surface area contributed by atoms with Crippen molar-refractivity contribution in [2.24, 2.45) is 0 Å². The Balaban J connectivity index is 1.39. The molecule has 3 aromatic heterocycles. The van der Waals surface area contributed by atoms with Gasteiger partial charge in [-0.05, 0) is 50.4 Å². The number of carbonyl (C=O) groups excluding carboxylic acids is 3. The van der Waals surface area contributed by atoms with Crippen LogP contribution in [0.5, 0.6) is 5.75 Å². The van der Waals surface area contributed by atoms with Gasteiger partial charge < -0.3 is 20.3 Å². The van der Waals surface area contributed by atoms with E-state index in [0.717, 1.165) is 12.2 Å². The van der Waals surface area contributed by atoms with Crippen LogP contribution < -0.4 is 20.7 Å². The fourth-order valence-electron chi connectivity index (χ4n) is 5.41. The van der Waals surface area contributed by atoms with Crippen LogP contribution in [0.4, 0.5) is 10.6 Å². The standard InChI is InChI=1S/C36H45N9O4/c1-9-35(5,6)32-43-42-29-15-14-23(21-45(29)32)49-26-16-17-36(22-46,25-13-11-10-12-24(25)26)41-33(48)40-28-20-27(34(2,3)4)38-30(39-28)31(47)37-18-19-44(7)8/h10-17,20-22,26H,9,18-19H2,1-8H3,(H,37,47)(H2,38,39,40,41,48)/t26-,36-/m1/s1. The van der Waals surface area contributed by atoms with Crippen molar-refractivity contribution in [2.75, 3.05) is 32.5 Å². The van der Waals surface area contributed by atoms with E-state index >= 15 is 0 Å². The summed E-state index contributed by atoms with van der Waals surface area (Å²) in [5.74, 6) is 1.03. The van der Waals surface area contributed by atoms with Gasteiger partial charge in [0.05, 0.1) is 11.9 Å². The molecule has 1 aromatic carbocycles. The van der Waals surface area contributed by atoms with Crippen molar-refractivity contribution in [3.05, 3.63) is 89.3 Å². The van der Waals surface area contributed by atoms with Crippen LogP contribution in [-0.4, -0.2) is 74.9 Å². The van der Waals surface area contributed by atoms with Gasteiger partial charge in [-0.25, -0.2) is 14.8 Å². The monoisotopic (exact) mass is 667 g/mol. The first-order chi connectivity index (χ1) is 23.2. The Hall–Kier alpha value is -5.17. The fraction of sp³-hybridized carbons (Fsp3) is 0.417. The van der Waals surface area contributed by atoms with Gasteiger partial charge in [0.1, 0.15) is 29.0 Å². The van der Waals surface area contributed by atoms with Gasteiger partial charge in [0.2, 0.25) is 5.82 Å². The number of hydrogen-bond donors (Lipinski definition) is 3. The summed E-state index contributed by atoms with van der Waals surface area (Å²) in [5.41, 5.74) is 0.432. The van der Waals surface area contributed by atoms with Gasteiger partial charge in [0.15, 0.2) is 11.9 Å². The second-order valence-electron chi connectivity index (χ2n) is 14.2. The number of anilines is 1. The van der Waals surface area contributed by atoms with E-state index < -0.39 is 29.0 Å². The number of carbonyl (C=O) groups is 3. The highest BCUT2D eigenvalue weighted by atomic mass is 16.5. The molecule has 1 aliphatic rings. The van der Waals surface area contributed by atoms with E-state index in [1.54, 1.807) is 30.4 Å². The molecule has 3 N–H and O–H groups in total. The molecule has 13 nitrogen and oxygen atoms in total. The summed E-state index contributed by atoms with van der Waals surface area (Å²) in [7, 11) is 3.82. The number of aromatic nitrogens is 5. The number of urea groups is 1. The zero-order valence-corrected chi connectivity index (χ0v) is 29.4. The van der Waals surface area contributed by atoms with Crippen LogP contribution in [0, 0.1) is 0 Å². The molecular weight excluding hydrogens is 622 g/mol. The number of rotatable bonds is 11. The molecule has 0 fully saturated rings. The summed E-state index contributed by atoms with van der Waals surface area (Å²) >= 11 is 0. The van der Waals surface area contributed by atoms with Crippen LogP contribution in [0.2, 0.25) is 0 Å². The maximum atomic E-state index is 13.5. The lowest BCUT2D eigenvalue weighted by Gasteiger charge is -2.34. The largest absolute Gasteiger partial charge is 0.480 e. The van der Waals surface area contributed by atoms with Crippen LogP contribution >= 0.6 is 0 Å². The number of ether oxygens (including phenoxy) is 1. The lowest BCUT2D eigenvalue weighted by molar-refractivity contribution is -0.111. The molecule has 0 spiro atoms. The Morgan fingerprint density at radius 2 is 1.82 bits per heavy atom. The maximum absolute atomic E-state index is 13.5. The predicted molar refractivity (Wildman–Crippen MR) is 187 cm³/mol. The van der Waals surface area contributed by atoms with Gasteiger partial charge in [0.25, 0.3) is 5.91 Å². The second-order valence-corrected chi connectivity index (χ2v) is 14.2. The first-order valence-electron chi connectivity index (χ1n) is 16.3. The van der Waals surface area contributed by atoms with E-state index in [9.17, 15) is 14.4 Å². The molecule has 258 valence electrons. The van der Waals surface area contributed by atoms with Gasteiger partial charge in [-0.15, -0.1) is 10.2 Å². The molecule has 0 aliphatic heterocycles. The molecule has 0 bridgehead atoms. The Morgan fingerprint density at radius 1 is 1.06 bits per heavy atom. The smallest absolute Gasteiger partial charge is 0.321 e. The minimum atomic E-state index is -1.50. The van der Waals surface area contributed by atoms with Crippen molar-refractivity contribution in [3.8, 4) is 5.75 Å². The van der Waals surface area contributed by atoms with E-state index in [1.807, 2.05) is 74.6 Å². The van der Waals surface area contributed by atoms with E-state index in [4.69, 9.17) is 4.74 Å². The number of pyridine rings is 1. The summed E-state index contributed by atoms with van der Waals surface area (Å²) in [6.07, 6.45) is 6.27. The molecule has 5 rings (SSSR count). The van der Waals surface area contributed by atoms with Gasteiger partial charge in [-0.1, -0.05) is 65.8 Å². The molecule has 49 heavy (non-hydrogen) atoms. The van der Waals surface area contributed by atoms with Gasteiger partial charge in [-0.3, -0.25) is 19.3 Å². The number of nitrogens with one attached hydrogen (secondary N) is 3. The zero-order valence-electron chi connectivity index (χ0n) is 29.4. The minimum absolute atomic E-state index is 0.0653. The van der Waals surface area contributed by atoms with E-state index in [-0.39, 0.29) is 17.1 Å². The number of aldehydes is 1. The third kappa shape index (κ3) is 7.62. The second kappa shape index (κ2) is 13.7. The summed E-state index contributed by atoms with van der Waals surface area (Å²) < 4.78 is 8.40. The number of hydrogen-bond acceptors (Lipinski definition) is 9. The normalized spacial score (nSPS) is 17.4. The zero-order chi connectivity index (χ0) is 35.6. The molecule has 13 heteroatoms. The van der Waals surface area contributed by atoms with E-state index in [2.05, 4.69) is 56.9 Å². The molecule has 4 aromatic rings. The van der Waals surface area contributed by atoms with Gasteiger partial charge >= 0.3 is 6.03 Å². The SMILES string of the molecule is CCC(C)(C)c1nnc2ccc(O[C@@H]3C=C[C@](C=O)(NC(=O)Nc4cc(C(C)(C)C)nc(C(=O)NCCN(C)C)n4)c4ccccc43)cn12. The van der Waals surface area contributed by atoms with Crippen molar-refractivity contribution in [1.29, 1.82) is 0 Å². The molecule has 3 amide bonds. The van der Waals surface area contributed by atoms with E-state index in [1.165, 1.54) is 0 Å². The average Bonchev–Trinajstić information content (AvgIpc) is 3.49. The molecule has 2 atom stereocenters. The summed E-state index contributed by atoms with van der Waals surface area (Å²) in [4.78, 5) is 50.0. The molecule has 1 aliphatic carbocycles. The number of benzene rings is 1. The fourth-order valence-corrected chi connectivity index (χ4v) is 5.41. The highest BCUT2D eigenvalue weighted by Crippen LogP contribution is 2.37. The van der Waals surface area contributed by atoms with Gasteiger partial charge in [0, 0.05) is 35.5 Å². The summed E-state index contributed by atoms with van der Waals surface area (Å²) in [5, 5.41) is 17.1. The molecule has 0 saturated heterocycles. The lowest BCUT2D eigenvalue weighted by atomic mass is 9.81. The topological polar surface area (TPSA) is 156 Å². The third-order valence-corrected chi connectivity index (χ3v) is 8.66. The highest BCUT2D eigenvalue weighted by molar-refractivity contribution is 5.94. The van der Waals surface area contributed by atoms with Crippen molar-refractivity contribution in [3.63, 3.8) is 0 Å². The van der Waals surface area contributed by atoms with Crippen molar-refractivity contribution in [2.45, 2.75) is 70.4 Å². The number of amides is 3. The molecular formula is C36H45N9O4. The van der Waals surface area contributed by atoms with Crippen molar-refractivity contribution >= 4 is 29.7 Å². The Labute approximate surface area is 286 Å². The molecule has 0 radical (unpaired) electrons. The molecule has 0 saturated carbocycles. The van der Waals surface area contributed by atoms with Crippen LogP contribution in [-0.2, 0) is 21.2 Å². The van der Waals surface area contributed by atoms with Crippen LogP contribution in [0.25, 0.3) is 5.65 Å². The molecule has 0 unspecified atom stereocenters. The predicted octanol–water partition coefficient (Wildman–Crippen LogP) is 4.70. The maximum Gasteiger partial charge on any atom is 0.321 e. The third-order valence-electron chi connectivity index (χ3n) is 8.66. The quantitative estimate of drug-likeness (QED) is 0.152. The number of likely N-dealkylation sites (N-methyl/N-ethyl adjacent to an activating group) is 1. The summed E-state index contributed by atoms with van der Waals surface area (Å²) in [6, 6.07) is 11.9. The van der Waals surface area contributed by atoms with Crippen LogP contribution in [0.1, 0.15) is 87.3 Å². The first-order valence-corrected chi connectivity index (χ1v) is 16.3. The number of fused-ring (bicyclic) bond motifs is 2. The average molecular weight is 668 g/mol. The lowest BCUT2D eigenvalue weighted by Crippen LogP contribution is -2.49. The number of nitrogens with zero attached hydrogens (tertiary/aromatic N) is 6. The molecule has 3 heterocycles. The van der Waals surface area contributed by atoms with Crippen molar-refractivity contribution in [1.82, 2.24) is 40.1 Å². The Morgan fingerprint density at radius 3 is 2.51 bits per heavy atom. The van der Waals surface area contributed by atoms with E-state index in [0.29, 0.717) is 47.6 Å². The minimum Gasteiger partial charge on any atom is -0.480 e. The summed E-state index contributed by atoms with van der Waals surface area (Å²) in [6.45, 7) is 13.3. The van der Waals surface area contributed by atoms with Crippen LogP contribution in [0.3, 0.4) is 0 Å². The van der Waals surface area contributed by atoms with Crippen LogP contribution in [0.15, 0.2) is 60.8 Å². The van der Waals surface area contributed by atoms with Crippen molar-refractivity contribution < 1.29 is 19.1 Å². The first kappa shape index (κ1) is 35.1. The highest BCUT2D eigenvalue weighted by Gasteiger charge is 2.38.